The van der Waals surface area contributed by atoms with Crippen LogP contribution in [0.1, 0.15) is 0 Å². The van der Waals surface area contributed by atoms with Gasteiger partial charge in [0.15, 0.2) is 17.6 Å². The Hall–Kier alpha value is -1.73. The summed E-state index contributed by atoms with van der Waals surface area (Å²) in [4.78, 5) is 0. The van der Waals surface area contributed by atoms with Crippen LogP contribution in [0, 0.1) is 11.3 Å². The molecule has 1 atom stereocenters. The van der Waals surface area contributed by atoms with Crippen LogP contribution < -0.4 is 9.47 Å². The molecular weight excluding hydrogens is 194 g/mol. The molecule has 1 aliphatic rings. The number of fused-ring (bicyclic) bond motifs is 1. The van der Waals surface area contributed by atoms with Crippen molar-refractivity contribution in [1.29, 1.82) is 5.26 Å². The number of hydrogen-bond donors (Lipinski definition) is 0. The van der Waals surface area contributed by atoms with E-state index >= 15 is 0 Å². The van der Waals surface area contributed by atoms with Crippen LogP contribution >= 0.6 is 0 Å². The normalized spacial score (nSPS) is 18.2. The number of para-hydroxylation sites is 2. The maximum Gasteiger partial charge on any atom is 0.161 e. The minimum atomic E-state index is -0.131. The summed E-state index contributed by atoms with van der Waals surface area (Å²) in [5.74, 6) is 1.49. The first-order valence-electron chi connectivity index (χ1n) is 4.73. The molecule has 4 nitrogen and oxygen atoms in total. The van der Waals surface area contributed by atoms with Gasteiger partial charge in [0.05, 0.1) is 12.7 Å². The Morgan fingerprint density at radius 1 is 1.40 bits per heavy atom. The van der Waals surface area contributed by atoms with Crippen molar-refractivity contribution in [1.82, 2.24) is 0 Å². The average Bonchev–Trinajstić information content (AvgIpc) is 2.29. The molecule has 1 aromatic carbocycles. The van der Waals surface area contributed by atoms with Crippen LogP contribution in [0.25, 0.3) is 0 Å². The zero-order valence-electron chi connectivity index (χ0n) is 8.18. The zero-order chi connectivity index (χ0) is 10.5. The fourth-order valence-corrected chi connectivity index (χ4v) is 1.38. The number of hydrogen-bond acceptors (Lipinski definition) is 4. The van der Waals surface area contributed by atoms with Crippen LogP contribution in [-0.4, -0.2) is 25.9 Å². The average molecular weight is 205 g/mol. The van der Waals surface area contributed by atoms with Crippen molar-refractivity contribution in [3.8, 4) is 17.6 Å². The van der Waals surface area contributed by atoms with Gasteiger partial charge in [-0.3, -0.25) is 0 Å². The molecule has 1 aromatic rings. The number of nitrogens with zero attached hydrogens (tertiary/aromatic N) is 1. The van der Waals surface area contributed by atoms with E-state index < -0.39 is 0 Å². The molecule has 4 heteroatoms. The number of rotatable bonds is 3. The van der Waals surface area contributed by atoms with Crippen LogP contribution in [0.4, 0.5) is 0 Å². The van der Waals surface area contributed by atoms with Gasteiger partial charge in [0.2, 0.25) is 0 Å². The first-order chi connectivity index (χ1) is 7.40. The standard InChI is InChI=1S/C11H11NO3/c12-5-6-13-7-9-8-14-10-3-1-2-4-11(10)15-9/h1-4,9H,6-8H2. The van der Waals surface area contributed by atoms with E-state index in [9.17, 15) is 0 Å². The highest BCUT2D eigenvalue weighted by Crippen LogP contribution is 2.30. The van der Waals surface area contributed by atoms with Gasteiger partial charge in [-0.1, -0.05) is 12.1 Å². The number of ether oxygens (including phenoxy) is 3. The molecule has 0 aromatic heterocycles. The molecule has 15 heavy (non-hydrogen) atoms. The maximum atomic E-state index is 8.31. The van der Waals surface area contributed by atoms with Gasteiger partial charge in [-0.15, -0.1) is 0 Å². The summed E-state index contributed by atoms with van der Waals surface area (Å²) in [6.45, 7) is 0.922. The van der Waals surface area contributed by atoms with Crippen LogP contribution in [0.2, 0.25) is 0 Å². The van der Waals surface area contributed by atoms with E-state index in [4.69, 9.17) is 19.5 Å². The molecule has 2 rings (SSSR count). The molecule has 0 bridgehead atoms. The fraction of sp³-hybridized carbons (Fsp3) is 0.364. The summed E-state index contributed by atoms with van der Waals surface area (Å²) in [6.07, 6.45) is -0.131. The third kappa shape index (κ3) is 2.39. The van der Waals surface area contributed by atoms with Crippen LogP contribution in [-0.2, 0) is 4.74 Å². The second-order valence-electron chi connectivity index (χ2n) is 3.17. The van der Waals surface area contributed by atoms with E-state index in [-0.39, 0.29) is 12.7 Å². The van der Waals surface area contributed by atoms with Crippen molar-refractivity contribution in [3.63, 3.8) is 0 Å². The second-order valence-corrected chi connectivity index (χ2v) is 3.17. The van der Waals surface area contributed by atoms with Crippen molar-refractivity contribution >= 4 is 0 Å². The lowest BCUT2D eigenvalue weighted by atomic mass is 10.3. The van der Waals surface area contributed by atoms with Crippen LogP contribution in [0.5, 0.6) is 11.5 Å². The number of benzene rings is 1. The third-order valence-corrected chi connectivity index (χ3v) is 2.04. The number of nitriles is 1. The smallest absolute Gasteiger partial charge is 0.161 e. The summed E-state index contributed by atoms with van der Waals surface area (Å²) < 4.78 is 16.2. The molecule has 0 radical (unpaired) electrons. The van der Waals surface area contributed by atoms with E-state index in [1.807, 2.05) is 30.3 Å². The van der Waals surface area contributed by atoms with Crippen molar-refractivity contribution in [3.05, 3.63) is 24.3 Å². The highest BCUT2D eigenvalue weighted by molar-refractivity contribution is 5.40. The SMILES string of the molecule is N#CCOCC1COc2ccccc2O1. The summed E-state index contributed by atoms with van der Waals surface area (Å²) in [6, 6.07) is 9.41. The molecular formula is C11H11NO3. The topological polar surface area (TPSA) is 51.5 Å². The van der Waals surface area contributed by atoms with Crippen molar-refractivity contribution < 1.29 is 14.2 Å². The zero-order valence-corrected chi connectivity index (χ0v) is 8.18. The van der Waals surface area contributed by atoms with Gasteiger partial charge >= 0.3 is 0 Å². The first-order valence-corrected chi connectivity index (χ1v) is 4.73. The van der Waals surface area contributed by atoms with E-state index in [1.165, 1.54) is 0 Å². The second kappa shape index (κ2) is 4.67. The van der Waals surface area contributed by atoms with Gasteiger partial charge in [0, 0.05) is 0 Å². The van der Waals surface area contributed by atoms with Crippen LogP contribution in [0.15, 0.2) is 24.3 Å². The van der Waals surface area contributed by atoms with Crippen LogP contribution in [0.3, 0.4) is 0 Å². The van der Waals surface area contributed by atoms with Crippen molar-refractivity contribution in [2.24, 2.45) is 0 Å². The van der Waals surface area contributed by atoms with E-state index in [0.717, 1.165) is 11.5 Å². The Labute approximate surface area is 88.0 Å². The molecule has 1 unspecified atom stereocenters. The molecule has 0 saturated heterocycles. The highest BCUT2D eigenvalue weighted by atomic mass is 16.6. The lowest BCUT2D eigenvalue weighted by Gasteiger charge is -2.25. The van der Waals surface area contributed by atoms with Gasteiger partial charge < -0.3 is 14.2 Å². The Balaban J connectivity index is 1.92. The Kier molecular flexibility index (Phi) is 3.05. The molecule has 0 spiro atoms. The Bertz CT molecular complexity index is 372. The van der Waals surface area contributed by atoms with Gasteiger partial charge in [-0.25, -0.2) is 0 Å². The molecule has 0 fully saturated rings. The van der Waals surface area contributed by atoms with E-state index in [0.29, 0.717) is 13.2 Å². The molecule has 0 saturated carbocycles. The first kappa shape index (κ1) is 9.81. The molecule has 1 aliphatic heterocycles. The predicted octanol–water partition coefficient (Wildman–Crippen LogP) is 1.37. The minimum absolute atomic E-state index is 0.0848. The predicted molar refractivity (Wildman–Crippen MR) is 52.8 cm³/mol. The Morgan fingerprint density at radius 2 is 2.20 bits per heavy atom. The van der Waals surface area contributed by atoms with Crippen molar-refractivity contribution in [2.75, 3.05) is 19.8 Å². The van der Waals surface area contributed by atoms with E-state index in [1.54, 1.807) is 0 Å². The molecule has 0 N–H and O–H groups in total. The van der Waals surface area contributed by atoms with Gasteiger partial charge in [-0.2, -0.15) is 5.26 Å². The highest BCUT2D eigenvalue weighted by Gasteiger charge is 2.20. The monoisotopic (exact) mass is 205 g/mol. The third-order valence-electron chi connectivity index (χ3n) is 2.04. The summed E-state index contributed by atoms with van der Waals surface area (Å²) in [5.41, 5.74) is 0. The lowest BCUT2D eigenvalue weighted by molar-refractivity contribution is 0.0183. The maximum absolute atomic E-state index is 8.31. The molecule has 0 amide bonds. The fourth-order valence-electron chi connectivity index (χ4n) is 1.38. The quantitative estimate of drug-likeness (QED) is 0.699. The summed E-state index contributed by atoms with van der Waals surface area (Å²) in [5, 5.41) is 8.31. The van der Waals surface area contributed by atoms with Gasteiger partial charge in [0.1, 0.15) is 13.2 Å². The summed E-state index contributed by atoms with van der Waals surface area (Å²) >= 11 is 0. The minimum Gasteiger partial charge on any atom is -0.486 e. The van der Waals surface area contributed by atoms with E-state index in [2.05, 4.69) is 0 Å². The molecule has 0 aliphatic carbocycles. The lowest BCUT2D eigenvalue weighted by Crippen LogP contribution is -2.33. The Morgan fingerprint density at radius 3 is 3.00 bits per heavy atom. The summed E-state index contributed by atoms with van der Waals surface area (Å²) in [7, 11) is 0. The molecule has 1 heterocycles. The van der Waals surface area contributed by atoms with Gasteiger partial charge in [-0.05, 0) is 12.1 Å². The largest absolute Gasteiger partial charge is 0.486 e. The van der Waals surface area contributed by atoms with Crippen molar-refractivity contribution in [2.45, 2.75) is 6.10 Å². The van der Waals surface area contributed by atoms with Gasteiger partial charge in [0.25, 0.3) is 0 Å². The molecule has 78 valence electrons.